The van der Waals surface area contributed by atoms with Crippen molar-refractivity contribution in [2.45, 2.75) is 37.8 Å². The molecule has 2 heterocycles. The smallest absolute Gasteiger partial charge is 0.0221 e. The molecule has 3 nitrogen and oxygen atoms in total. The first kappa shape index (κ1) is 12.2. The number of hydrogen-bond acceptors (Lipinski definition) is 3. The molecule has 0 aliphatic carbocycles. The summed E-state index contributed by atoms with van der Waals surface area (Å²) < 4.78 is 0. The zero-order chi connectivity index (χ0) is 9.10. The number of rotatable bonds is 1. The molecular formula is C10H22ClN3. The van der Waals surface area contributed by atoms with Crippen molar-refractivity contribution in [1.82, 2.24) is 10.2 Å². The molecule has 14 heavy (non-hydrogen) atoms. The Hall–Kier alpha value is 0.170. The van der Waals surface area contributed by atoms with E-state index in [1.54, 1.807) is 0 Å². The first-order chi connectivity index (χ1) is 6.36. The largest absolute Gasteiger partial charge is 0.328 e. The Morgan fingerprint density at radius 3 is 2.43 bits per heavy atom. The lowest BCUT2D eigenvalue weighted by Gasteiger charge is -2.38. The van der Waals surface area contributed by atoms with Gasteiger partial charge in [-0.2, -0.15) is 0 Å². The van der Waals surface area contributed by atoms with Gasteiger partial charge < -0.3 is 11.1 Å². The normalized spacial score (nSPS) is 31.1. The lowest BCUT2D eigenvalue weighted by molar-refractivity contribution is 0.131. The molecular weight excluding hydrogens is 198 g/mol. The summed E-state index contributed by atoms with van der Waals surface area (Å²) in [4.78, 5) is 2.62. The summed E-state index contributed by atoms with van der Waals surface area (Å²) in [6, 6.07) is 1.26. The highest BCUT2D eigenvalue weighted by Gasteiger charge is 2.24. The van der Waals surface area contributed by atoms with Crippen LogP contribution in [0, 0.1) is 0 Å². The predicted octanol–water partition coefficient (Wildman–Crippen LogP) is 0.583. The molecule has 1 unspecified atom stereocenters. The summed E-state index contributed by atoms with van der Waals surface area (Å²) in [5.74, 6) is 0. The minimum Gasteiger partial charge on any atom is -0.328 e. The predicted molar refractivity (Wildman–Crippen MR) is 61.9 cm³/mol. The van der Waals surface area contributed by atoms with Crippen LogP contribution in [-0.2, 0) is 0 Å². The molecule has 0 aromatic rings. The van der Waals surface area contributed by atoms with Crippen LogP contribution in [0.5, 0.6) is 0 Å². The average Bonchev–Trinajstić information content (AvgIpc) is 2.20. The van der Waals surface area contributed by atoms with Crippen LogP contribution in [-0.4, -0.2) is 43.2 Å². The lowest BCUT2D eigenvalue weighted by atomic mass is 10.00. The maximum Gasteiger partial charge on any atom is 0.0221 e. The highest BCUT2D eigenvalue weighted by atomic mass is 35.5. The van der Waals surface area contributed by atoms with Crippen LogP contribution in [0.15, 0.2) is 0 Å². The number of halogens is 1. The van der Waals surface area contributed by atoms with Crippen molar-refractivity contribution < 1.29 is 0 Å². The van der Waals surface area contributed by atoms with E-state index in [0.29, 0.717) is 6.04 Å². The molecule has 2 rings (SSSR count). The quantitative estimate of drug-likeness (QED) is 0.678. The molecule has 2 aliphatic rings. The Bertz CT molecular complexity index is 151. The minimum absolute atomic E-state index is 0. The number of nitrogens with one attached hydrogen (secondary N) is 1. The van der Waals surface area contributed by atoms with Crippen LogP contribution in [0.2, 0.25) is 0 Å². The summed E-state index contributed by atoms with van der Waals surface area (Å²) in [5.41, 5.74) is 5.88. The fourth-order valence-corrected chi connectivity index (χ4v) is 2.43. The monoisotopic (exact) mass is 219 g/mol. The first-order valence-electron chi connectivity index (χ1n) is 5.56. The lowest BCUT2D eigenvalue weighted by Crippen LogP contribution is -2.50. The van der Waals surface area contributed by atoms with Crippen molar-refractivity contribution in [3.8, 4) is 0 Å². The number of nitrogens with zero attached hydrogens (tertiary/aromatic N) is 1. The summed E-state index contributed by atoms with van der Waals surface area (Å²) in [5, 5.41) is 3.47. The van der Waals surface area contributed by atoms with Gasteiger partial charge in [-0.05, 0) is 45.3 Å². The second kappa shape index (κ2) is 5.91. The van der Waals surface area contributed by atoms with Crippen LogP contribution in [0.3, 0.4) is 0 Å². The van der Waals surface area contributed by atoms with Crippen molar-refractivity contribution >= 4 is 12.4 Å². The van der Waals surface area contributed by atoms with E-state index in [9.17, 15) is 0 Å². The van der Waals surface area contributed by atoms with Crippen molar-refractivity contribution in [3.63, 3.8) is 0 Å². The second-order valence-electron chi connectivity index (χ2n) is 4.37. The maximum absolute atomic E-state index is 5.88. The van der Waals surface area contributed by atoms with E-state index in [1.165, 1.54) is 51.9 Å². The topological polar surface area (TPSA) is 41.3 Å². The molecule has 3 N–H and O–H groups in total. The van der Waals surface area contributed by atoms with Gasteiger partial charge in [0.15, 0.2) is 0 Å². The maximum atomic E-state index is 5.88. The molecule has 2 aliphatic heterocycles. The molecule has 0 bridgehead atoms. The van der Waals surface area contributed by atoms with E-state index in [1.807, 2.05) is 0 Å². The SMILES string of the molecule is Cl.NC1CCN(C2CCCNC2)CC1. The van der Waals surface area contributed by atoms with Gasteiger partial charge in [0.2, 0.25) is 0 Å². The van der Waals surface area contributed by atoms with E-state index in [4.69, 9.17) is 5.73 Å². The fourth-order valence-electron chi connectivity index (χ4n) is 2.43. The molecule has 0 amide bonds. The summed E-state index contributed by atoms with van der Waals surface area (Å²) in [6.45, 7) is 4.83. The van der Waals surface area contributed by atoms with Gasteiger partial charge >= 0.3 is 0 Å². The molecule has 0 aromatic heterocycles. The average molecular weight is 220 g/mol. The second-order valence-corrected chi connectivity index (χ2v) is 4.37. The van der Waals surface area contributed by atoms with Crippen molar-refractivity contribution in [2.75, 3.05) is 26.2 Å². The van der Waals surface area contributed by atoms with Gasteiger partial charge in [-0.25, -0.2) is 0 Å². The zero-order valence-electron chi connectivity index (χ0n) is 8.74. The van der Waals surface area contributed by atoms with Crippen LogP contribution >= 0.6 is 12.4 Å². The highest BCUT2D eigenvalue weighted by molar-refractivity contribution is 5.85. The molecule has 0 spiro atoms. The van der Waals surface area contributed by atoms with Crippen LogP contribution < -0.4 is 11.1 Å². The minimum atomic E-state index is 0. The van der Waals surface area contributed by atoms with Gasteiger partial charge in [-0.1, -0.05) is 0 Å². The molecule has 84 valence electrons. The van der Waals surface area contributed by atoms with E-state index in [0.717, 1.165) is 6.04 Å². The van der Waals surface area contributed by atoms with Crippen LogP contribution in [0.25, 0.3) is 0 Å². The molecule has 2 saturated heterocycles. The Morgan fingerprint density at radius 2 is 1.86 bits per heavy atom. The van der Waals surface area contributed by atoms with E-state index >= 15 is 0 Å². The summed E-state index contributed by atoms with van der Waals surface area (Å²) >= 11 is 0. The Morgan fingerprint density at radius 1 is 1.14 bits per heavy atom. The Balaban J connectivity index is 0.000000980. The van der Waals surface area contributed by atoms with Gasteiger partial charge in [-0.3, -0.25) is 4.90 Å². The molecule has 2 fully saturated rings. The van der Waals surface area contributed by atoms with E-state index in [2.05, 4.69) is 10.2 Å². The molecule has 0 saturated carbocycles. The molecule has 0 aromatic carbocycles. The molecule has 1 atom stereocenters. The number of hydrogen-bond donors (Lipinski definition) is 2. The van der Waals surface area contributed by atoms with Crippen molar-refractivity contribution in [2.24, 2.45) is 5.73 Å². The number of nitrogens with two attached hydrogens (primary N) is 1. The van der Waals surface area contributed by atoms with E-state index < -0.39 is 0 Å². The van der Waals surface area contributed by atoms with Gasteiger partial charge in [-0.15, -0.1) is 12.4 Å². The van der Waals surface area contributed by atoms with Gasteiger partial charge in [0.25, 0.3) is 0 Å². The summed E-state index contributed by atoms with van der Waals surface area (Å²) in [7, 11) is 0. The molecule has 0 radical (unpaired) electrons. The highest BCUT2D eigenvalue weighted by Crippen LogP contribution is 2.16. The number of likely N-dealkylation sites (tertiary alicyclic amines) is 1. The first-order valence-corrected chi connectivity index (χ1v) is 5.56. The number of piperidine rings is 2. The van der Waals surface area contributed by atoms with Crippen LogP contribution in [0.4, 0.5) is 0 Å². The Labute approximate surface area is 92.8 Å². The Kier molecular flexibility index (Phi) is 5.17. The molecule has 4 heteroatoms. The third-order valence-electron chi connectivity index (χ3n) is 3.36. The zero-order valence-corrected chi connectivity index (χ0v) is 9.56. The van der Waals surface area contributed by atoms with Gasteiger partial charge in [0.1, 0.15) is 0 Å². The fraction of sp³-hybridized carbons (Fsp3) is 1.00. The third-order valence-corrected chi connectivity index (χ3v) is 3.36. The van der Waals surface area contributed by atoms with E-state index in [-0.39, 0.29) is 12.4 Å². The van der Waals surface area contributed by atoms with Crippen LogP contribution in [0.1, 0.15) is 25.7 Å². The van der Waals surface area contributed by atoms with Crippen molar-refractivity contribution in [3.05, 3.63) is 0 Å². The van der Waals surface area contributed by atoms with Crippen molar-refractivity contribution in [1.29, 1.82) is 0 Å². The van der Waals surface area contributed by atoms with Gasteiger partial charge in [0.05, 0.1) is 0 Å². The third kappa shape index (κ3) is 3.09. The standard InChI is InChI=1S/C10H21N3.ClH/c11-9-3-6-13(7-4-9)10-2-1-5-12-8-10;/h9-10,12H,1-8,11H2;1H. The summed E-state index contributed by atoms with van der Waals surface area (Å²) in [6.07, 6.45) is 5.10. The van der Waals surface area contributed by atoms with Gasteiger partial charge in [0, 0.05) is 18.6 Å².